The molecule has 1 aromatic rings. The van der Waals surface area contributed by atoms with Gasteiger partial charge in [-0.1, -0.05) is 12.1 Å². The van der Waals surface area contributed by atoms with Gasteiger partial charge in [0, 0.05) is 6.04 Å². The van der Waals surface area contributed by atoms with Crippen LogP contribution in [-0.4, -0.2) is 23.7 Å². The van der Waals surface area contributed by atoms with E-state index in [2.05, 4.69) is 10.1 Å². The van der Waals surface area contributed by atoms with Gasteiger partial charge in [-0.05, 0) is 38.5 Å². The van der Waals surface area contributed by atoms with Gasteiger partial charge in [0.05, 0.1) is 0 Å². The Morgan fingerprint density at radius 2 is 1.84 bits per heavy atom. The summed E-state index contributed by atoms with van der Waals surface area (Å²) in [7, 11) is 0. The Morgan fingerprint density at radius 3 is 2.21 bits per heavy atom. The molecular formula is C13H17F2NO3. The molecule has 6 heteroatoms. The number of halogens is 2. The maximum Gasteiger partial charge on any atom is 0.387 e. The molecule has 19 heavy (non-hydrogen) atoms. The summed E-state index contributed by atoms with van der Waals surface area (Å²) in [6, 6.07) is 5.52. The summed E-state index contributed by atoms with van der Waals surface area (Å²) < 4.78 is 28.3. The van der Waals surface area contributed by atoms with Crippen molar-refractivity contribution >= 4 is 5.97 Å². The number of carboxylic acid groups (broad SMARTS) is 1. The first-order valence-electron chi connectivity index (χ1n) is 5.82. The SMILES string of the molecule is CC(C)NC(C)(C(=O)O)c1ccc(OC(F)F)cc1. The summed E-state index contributed by atoms with van der Waals surface area (Å²) in [6.45, 7) is 2.29. The molecule has 0 radical (unpaired) electrons. The van der Waals surface area contributed by atoms with Crippen LogP contribution in [0.25, 0.3) is 0 Å². The van der Waals surface area contributed by atoms with Crippen LogP contribution in [0.2, 0.25) is 0 Å². The molecule has 4 nitrogen and oxygen atoms in total. The number of benzene rings is 1. The van der Waals surface area contributed by atoms with Crippen LogP contribution in [0.4, 0.5) is 8.78 Å². The molecule has 0 heterocycles. The van der Waals surface area contributed by atoms with Gasteiger partial charge in [-0.3, -0.25) is 5.32 Å². The number of carboxylic acids is 1. The third kappa shape index (κ3) is 3.89. The maximum absolute atomic E-state index is 12.0. The van der Waals surface area contributed by atoms with Gasteiger partial charge in [-0.2, -0.15) is 8.78 Å². The lowest BCUT2D eigenvalue weighted by atomic mass is 9.91. The smallest absolute Gasteiger partial charge is 0.387 e. The summed E-state index contributed by atoms with van der Waals surface area (Å²) in [6.07, 6.45) is 0. The van der Waals surface area contributed by atoms with E-state index in [1.807, 2.05) is 13.8 Å². The predicted molar refractivity (Wildman–Crippen MR) is 66.3 cm³/mol. The van der Waals surface area contributed by atoms with Crippen LogP contribution in [0.1, 0.15) is 26.3 Å². The van der Waals surface area contributed by atoms with E-state index in [0.717, 1.165) is 0 Å². The molecule has 1 unspecified atom stereocenters. The van der Waals surface area contributed by atoms with E-state index in [-0.39, 0.29) is 11.8 Å². The van der Waals surface area contributed by atoms with Crippen molar-refractivity contribution in [3.05, 3.63) is 29.8 Å². The van der Waals surface area contributed by atoms with Crippen LogP contribution >= 0.6 is 0 Å². The molecule has 0 aliphatic carbocycles. The fraction of sp³-hybridized carbons (Fsp3) is 0.462. The average molecular weight is 273 g/mol. The van der Waals surface area contributed by atoms with Gasteiger partial charge >= 0.3 is 12.6 Å². The van der Waals surface area contributed by atoms with Crippen LogP contribution in [-0.2, 0) is 10.3 Å². The monoisotopic (exact) mass is 273 g/mol. The molecule has 0 aliphatic heterocycles. The van der Waals surface area contributed by atoms with Crippen LogP contribution in [0.5, 0.6) is 5.75 Å². The molecule has 1 aromatic carbocycles. The lowest BCUT2D eigenvalue weighted by Crippen LogP contribution is -2.49. The summed E-state index contributed by atoms with van der Waals surface area (Å²) in [5.41, 5.74) is -0.812. The zero-order valence-corrected chi connectivity index (χ0v) is 11.0. The first-order chi connectivity index (χ1) is 8.75. The van der Waals surface area contributed by atoms with Gasteiger partial charge in [0.25, 0.3) is 0 Å². The summed E-state index contributed by atoms with van der Waals surface area (Å²) >= 11 is 0. The Labute approximate surface area is 110 Å². The third-order valence-corrected chi connectivity index (χ3v) is 2.66. The number of carbonyl (C=O) groups is 1. The Balaban J connectivity index is 3.01. The second-order valence-corrected chi connectivity index (χ2v) is 4.63. The van der Waals surface area contributed by atoms with E-state index in [1.54, 1.807) is 0 Å². The Bertz CT molecular complexity index is 434. The second kappa shape index (κ2) is 5.97. The van der Waals surface area contributed by atoms with Gasteiger partial charge in [-0.25, -0.2) is 4.79 Å². The van der Waals surface area contributed by atoms with Crippen LogP contribution in [0, 0.1) is 0 Å². The van der Waals surface area contributed by atoms with Crippen molar-refractivity contribution in [3.8, 4) is 5.75 Å². The standard InChI is InChI=1S/C13H17F2NO3/c1-8(2)16-13(3,11(17)18)9-4-6-10(7-5-9)19-12(14)15/h4-8,12,16H,1-3H3,(H,17,18). The molecule has 0 bridgehead atoms. The molecule has 2 N–H and O–H groups in total. The van der Waals surface area contributed by atoms with E-state index < -0.39 is 18.1 Å². The van der Waals surface area contributed by atoms with Gasteiger partial charge in [-0.15, -0.1) is 0 Å². The summed E-state index contributed by atoms with van der Waals surface area (Å²) in [5, 5.41) is 12.3. The minimum Gasteiger partial charge on any atom is -0.480 e. The molecule has 0 aliphatic rings. The fourth-order valence-electron chi connectivity index (χ4n) is 1.82. The van der Waals surface area contributed by atoms with Crippen molar-refractivity contribution in [2.24, 2.45) is 0 Å². The largest absolute Gasteiger partial charge is 0.480 e. The van der Waals surface area contributed by atoms with E-state index in [9.17, 15) is 18.7 Å². The van der Waals surface area contributed by atoms with Gasteiger partial charge in [0.2, 0.25) is 0 Å². The van der Waals surface area contributed by atoms with Crippen molar-refractivity contribution < 1.29 is 23.4 Å². The van der Waals surface area contributed by atoms with E-state index in [0.29, 0.717) is 5.56 Å². The van der Waals surface area contributed by atoms with Gasteiger partial charge < -0.3 is 9.84 Å². The van der Waals surface area contributed by atoms with Gasteiger partial charge in [0.1, 0.15) is 11.3 Å². The van der Waals surface area contributed by atoms with Crippen LogP contribution in [0.3, 0.4) is 0 Å². The molecule has 0 saturated heterocycles. The fourth-order valence-corrected chi connectivity index (χ4v) is 1.82. The molecule has 106 valence electrons. The highest BCUT2D eigenvalue weighted by Gasteiger charge is 2.35. The zero-order chi connectivity index (χ0) is 14.6. The highest BCUT2D eigenvalue weighted by Crippen LogP contribution is 2.25. The third-order valence-electron chi connectivity index (χ3n) is 2.66. The van der Waals surface area contributed by atoms with Crippen molar-refractivity contribution in [1.82, 2.24) is 5.32 Å². The Hall–Kier alpha value is -1.69. The number of hydrogen-bond donors (Lipinski definition) is 2. The first kappa shape index (κ1) is 15.4. The molecule has 1 atom stereocenters. The van der Waals surface area contributed by atoms with Crippen molar-refractivity contribution in [1.29, 1.82) is 0 Å². The minimum atomic E-state index is -2.90. The molecule has 0 fully saturated rings. The van der Waals surface area contributed by atoms with E-state index in [1.165, 1.54) is 31.2 Å². The van der Waals surface area contributed by atoms with Crippen molar-refractivity contribution in [2.45, 2.75) is 39.0 Å². The quantitative estimate of drug-likeness (QED) is 0.836. The summed E-state index contributed by atoms with van der Waals surface area (Å²) in [4.78, 5) is 11.4. The number of hydrogen-bond acceptors (Lipinski definition) is 3. The first-order valence-corrected chi connectivity index (χ1v) is 5.82. The molecular weight excluding hydrogens is 256 g/mol. The van der Waals surface area contributed by atoms with Crippen LogP contribution < -0.4 is 10.1 Å². The van der Waals surface area contributed by atoms with Gasteiger partial charge in [0.15, 0.2) is 0 Å². The second-order valence-electron chi connectivity index (χ2n) is 4.63. The molecule has 0 saturated carbocycles. The van der Waals surface area contributed by atoms with E-state index >= 15 is 0 Å². The zero-order valence-electron chi connectivity index (χ0n) is 11.0. The lowest BCUT2D eigenvalue weighted by Gasteiger charge is -2.29. The molecule has 0 aromatic heterocycles. The lowest BCUT2D eigenvalue weighted by molar-refractivity contribution is -0.145. The number of alkyl halides is 2. The van der Waals surface area contributed by atoms with E-state index in [4.69, 9.17) is 0 Å². The molecule has 0 spiro atoms. The normalized spacial score (nSPS) is 14.5. The Morgan fingerprint density at radius 1 is 1.32 bits per heavy atom. The minimum absolute atomic E-state index is 0.00367. The number of rotatable bonds is 6. The topological polar surface area (TPSA) is 58.6 Å². The van der Waals surface area contributed by atoms with Crippen molar-refractivity contribution in [2.75, 3.05) is 0 Å². The highest BCUT2D eigenvalue weighted by molar-refractivity contribution is 5.80. The number of aliphatic carboxylic acids is 1. The number of nitrogens with one attached hydrogen (secondary N) is 1. The number of ether oxygens (including phenoxy) is 1. The average Bonchev–Trinajstić information content (AvgIpc) is 2.27. The summed E-state index contributed by atoms with van der Waals surface area (Å²) in [5.74, 6) is -1.04. The Kier molecular flexibility index (Phi) is 4.83. The molecule has 1 rings (SSSR count). The molecule has 0 amide bonds. The van der Waals surface area contributed by atoms with Crippen molar-refractivity contribution in [3.63, 3.8) is 0 Å². The predicted octanol–water partition coefficient (Wildman–Crippen LogP) is 2.59. The van der Waals surface area contributed by atoms with Crippen LogP contribution in [0.15, 0.2) is 24.3 Å². The maximum atomic E-state index is 12.0. The highest BCUT2D eigenvalue weighted by atomic mass is 19.3.